The van der Waals surface area contributed by atoms with E-state index in [0.717, 1.165) is 13.3 Å². The molecular weight excluding hydrogens is 182 g/mol. The summed E-state index contributed by atoms with van der Waals surface area (Å²) in [6.45, 7) is 4.95. The zero-order valence-electron chi connectivity index (χ0n) is 7.96. The van der Waals surface area contributed by atoms with Crippen molar-refractivity contribution in [2.75, 3.05) is 5.88 Å². The standard InChI is InChI=1S/C9H17ClF2/c1-8(2,7-10)5-4-6-9(3,11)12/h4-7H2,1-3H3. The molecule has 0 aromatic carbocycles. The SMILES string of the molecule is CC(F)(F)CCCC(C)(C)CCl. The Morgan fingerprint density at radius 2 is 1.58 bits per heavy atom. The lowest BCUT2D eigenvalue weighted by atomic mass is 9.89. The van der Waals surface area contributed by atoms with Gasteiger partial charge in [0.25, 0.3) is 0 Å². The minimum atomic E-state index is -2.53. The minimum Gasteiger partial charge on any atom is -0.207 e. The number of rotatable bonds is 5. The van der Waals surface area contributed by atoms with E-state index in [1.165, 1.54) is 0 Å². The Balaban J connectivity index is 3.57. The Bertz CT molecular complexity index is 127. The topological polar surface area (TPSA) is 0 Å². The predicted molar refractivity (Wildman–Crippen MR) is 49.0 cm³/mol. The van der Waals surface area contributed by atoms with Crippen LogP contribution in [0.1, 0.15) is 40.0 Å². The lowest BCUT2D eigenvalue weighted by Crippen LogP contribution is -2.16. The number of hydrogen-bond donors (Lipinski definition) is 0. The summed E-state index contributed by atoms with van der Waals surface area (Å²) in [5.41, 5.74) is -0.00714. The molecule has 0 radical (unpaired) electrons. The van der Waals surface area contributed by atoms with E-state index in [2.05, 4.69) is 0 Å². The monoisotopic (exact) mass is 198 g/mol. The summed E-state index contributed by atoms with van der Waals surface area (Å²) in [7, 11) is 0. The Morgan fingerprint density at radius 3 is 1.92 bits per heavy atom. The van der Waals surface area contributed by atoms with Gasteiger partial charge in [-0.25, -0.2) is 8.78 Å². The second-order valence-electron chi connectivity index (χ2n) is 4.22. The fourth-order valence-corrected chi connectivity index (χ4v) is 1.08. The summed E-state index contributed by atoms with van der Waals surface area (Å²) < 4.78 is 24.7. The fraction of sp³-hybridized carbons (Fsp3) is 1.00. The second-order valence-corrected chi connectivity index (χ2v) is 4.49. The molecule has 0 saturated carbocycles. The first-order valence-electron chi connectivity index (χ1n) is 4.21. The van der Waals surface area contributed by atoms with Crippen molar-refractivity contribution in [3.63, 3.8) is 0 Å². The van der Waals surface area contributed by atoms with Crippen molar-refractivity contribution < 1.29 is 8.78 Å². The van der Waals surface area contributed by atoms with E-state index in [-0.39, 0.29) is 11.8 Å². The first-order chi connectivity index (χ1) is 5.27. The van der Waals surface area contributed by atoms with E-state index >= 15 is 0 Å². The van der Waals surface area contributed by atoms with Gasteiger partial charge in [0.2, 0.25) is 5.92 Å². The molecule has 0 spiro atoms. The third-order valence-electron chi connectivity index (χ3n) is 1.83. The van der Waals surface area contributed by atoms with E-state index < -0.39 is 5.92 Å². The Labute approximate surface area is 78.3 Å². The molecule has 0 aromatic heterocycles. The molecule has 0 unspecified atom stereocenters. The summed E-state index contributed by atoms with van der Waals surface area (Å²) in [5.74, 6) is -2.00. The van der Waals surface area contributed by atoms with Crippen LogP contribution in [0.2, 0.25) is 0 Å². The third-order valence-corrected chi connectivity index (χ3v) is 2.55. The lowest BCUT2D eigenvalue weighted by Gasteiger charge is -2.21. The Hall–Kier alpha value is 0.150. The van der Waals surface area contributed by atoms with E-state index in [9.17, 15) is 8.78 Å². The second kappa shape index (κ2) is 4.40. The molecule has 0 heterocycles. The molecule has 0 aromatic rings. The summed E-state index contributed by atoms with van der Waals surface area (Å²) in [5, 5.41) is 0. The molecule has 74 valence electrons. The average molecular weight is 199 g/mol. The summed E-state index contributed by atoms with van der Waals surface area (Å²) >= 11 is 5.66. The predicted octanol–water partition coefficient (Wildman–Crippen LogP) is 4.08. The molecule has 0 aliphatic heterocycles. The molecule has 0 aliphatic carbocycles. The maximum atomic E-state index is 12.4. The van der Waals surface area contributed by atoms with E-state index in [4.69, 9.17) is 11.6 Å². The van der Waals surface area contributed by atoms with Gasteiger partial charge in [0.05, 0.1) is 0 Å². The van der Waals surface area contributed by atoms with Gasteiger partial charge in [-0.1, -0.05) is 13.8 Å². The first kappa shape index (κ1) is 12.2. The van der Waals surface area contributed by atoms with Crippen molar-refractivity contribution in [1.82, 2.24) is 0 Å². The van der Waals surface area contributed by atoms with Crippen LogP contribution in [0.5, 0.6) is 0 Å². The van der Waals surface area contributed by atoms with Gasteiger partial charge in [0.1, 0.15) is 0 Å². The van der Waals surface area contributed by atoms with Crippen LogP contribution in [0.3, 0.4) is 0 Å². The lowest BCUT2D eigenvalue weighted by molar-refractivity contribution is 0.00848. The molecule has 0 aliphatic rings. The highest BCUT2D eigenvalue weighted by Gasteiger charge is 2.23. The Morgan fingerprint density at radius 1 is 1.08 bits per heavy atom. The molecule has 0 N–H and O–H groups in total. The maximum absolute atomic E-state index is 12.4. The highest BCUT2D eigenvalue weighted by molar-refractivity contribution is 6.18. The van der Waals surface area contributed by atoms with Crippen LogP contribution in [-0.2, 0) is 0 Å². The van der Waals surface area contributed by atoms with Crippen molar-refractivity contribution in [2.45, 2.75) is 46.0 Å². The van der Waals surface area contributed by atoms with E-state index in [1.807, 2.05) is 13.8 Å². The molecule has 3 heteroatoms. The summed E-state index contributed by atoms with van der Waals surface area (Å²) in [4.78, 5) is 0. The molecule has 0 saturated heterocycles. The molecule has 0 amide bonds. The van der Waals surface area contributed by atoms with Crippen molar-refractivity contribution in [2.24, 2.45) is 5.41 Å². The maximum Gasteiger partial charge on any atom is 0.245 e. The van der Waals surface area contributed by atoms with Crippen LogP contribution in [0.15, 0.2) is 0 Å². The molecule has 0 rings (SSSR count). The zero-order valence-corrected chi connectivity index (χ0v) is 8.72. The van der Waals surface area contributed by atoms with Crippen molar-refractivity contribution in [3.05, 3.63) is 0 Å². The fourth-order valence-electron chi connectivity index (χ4n) is 0.944. The van der Waals surface area contributed by atoms with Crippen molar-refractivity contribution in [1.29, 1.82) is 0 Å². The van der Waals surface area contributed by atoms with Crippen LogP contribution < -0.4 is 0 Å². The third kappa shape index (κ3) is 6.84. The normalized spacial score (nSPS) is 13.5. The first-order valence-corrected chi connectivity index (χ1v) is 4.74. The molecule has 12 heavy (non-hydrogen) atoms. The van der Waals surface area contributed by atoms with Crippen LogP contribution in [0.25, 0.3) is 0 Å². The average Bonchev–Trinajstić information content (AvgIpc) is 1.84. The van der Waals surface area contributed by atoms with E-state index in [0.29, 0.717) is 12.3 Å². The van der Waals surface area contributed by atoms with Gasteiger partial charge in [-0.3, -0.25) is 0 Å². The van der Waals surface area contributed by atoms with Crippen LogP contribution in [-0.4, -0.2) is 11.8 Å². The smallest absolute Gasteiger partial charge is 0.207 e. The van der Waals surface area contributed by atoms with Crippen molar-refractivity contribution >= 4 is 11.6 Å². The van der Waals surface area contributed by atoms with Crippen LogP contribution >= 0.6 is 11.6 Å². The summed E-state index contributed by atoms with van der Waals surface area (Å²) in [6, 6.07) is 0. The zero-order chi connectivity index (χ0) is 9.83. The molecular formula is C9H17ClF2. The summed E-state index contributed by atoms with van der Waals surface area (Å²) in [6.07, 6.45) is 1.27. The van der Waals surface area contributed by atoms with Gasteiger partial charge < -0.3 is 0 Å². The van der Waals surface area contributed by atoms with E-state index in [1.54, 1.807) is 0 Å². The molecule has 0 atom stereocenters. The van der Waals surface area contributed by atoms with Gasteiger partial charge in [0.15, 0.2) is 0 Å². The number of alkyl halides is 3. The highest BCUT2D eigenvalue weighted by atomic mass is 35.5. The number of halogens is 3. The van der Waals surface area contributed by atoms with Gasteiger partial charge in [-0.2, -0.15) is 0 Å². The van der Waals surface area contributed by atoms with Crippen LogP contribution in [0.4, 0.5) is 8.78 Å². The van der Waals surface area contributed by atoms with Gasteiger partial charge in [-0.15, -0.1) is 11.6 Å². The Kier molecular flexibility index (Phi) is 4.46. The largest absolute Gasteiger partial charge is 0.245 e. The van der Waals surface area contributed by atoms with Gasteiger partial charge in [0, 0.05) is 12.3 Å². The minimum absolute atomic E-state index is 0.00714. The van der Waals surface area contributed by atoms with Gasteiger partial charge >= 0.3 is 0 Å². The molecule has 0 fully saturated rings. The van der Waals surface area contributed by atoms with Crippen LogP contribution in [0, 0.1) is 5.41 Å². The van der Waals surface area contributed by atoms with Crippen molar-refractivity contribution in [3.8, 4) is 0 Å². The molecule has 0 bridgehead atoms. The quantitative estimate of drug-likeness (QED) is 0.584. The number of hydrogen-bond acceptors (Lipinski definition) is 0. The van der Waals surface area contributed by atoms with Gasteiger partial charge in [-0.05, 0) is 25.2 Å². The highest BCUT2D eigenvalue weighted by Crippen LogP contribution is 2.28. The molecule has 0 nitrogen and oxygen atoms in total.